The molecule has 1 heteroatoms. The Hall–Kier alpha value is -2.15. The Kier molecular flexibility index (Phi) is 4.01. The minimum atomic E-state index is 0.253. The molecule has 1 aromatic heterocycles. The number of hydrogen-bond acceptors (Lipinski definition) is 0. The summed E-state index contributed by atoms with van der Waals surface area (Å²) in [7, 11) is 1.91. The third-order valence-corrected chi connectivity index (χ3v) is 5.14. The molecule has 0 atom stereocenters. The van der Waals surface area contributed by atoms with Crippen LogP contribution in [0.5, 0.6) is 0 Å². The summed E-state index contributed by atoms with van der Waals surface area (Å²) in [4.78, 5) is 0. The van der Waals surface area contributed by atoms with Crippen molar-refractivity contribution in [3.8, 4) is 11.3 Å². The molecule has 0 unspecified atom stereocenters. The van der Waals surface area contributed by atoms with Gasteiger partial charge in [-0.2, -0.15) is 0 Å². The first-order chi connectivity index (χ1) is 12.6. The normalized spacial score (nSPS) is 12.8. The van der Waals surface area contributed by atoms with Crippen LogP contribution in [0.1, 0.15) is 64.5 Å². The first kappa shape index (κ1) is 15.1. The summed E-state index contributed by atoms with van der Waals surface area (Å²) < 4.78 is 18.8. The van der Waals surface area contributed by atoms with Gasteiger partial charge in [-0.25, -0.2) is 4.57 Å². The molecule has 2 aromatic carbocycles. The number of rotatable bonds is 3. The van der Waals surface area contributed by atoms with Gasteiger partial charge in [0.1, 0.15) is 8.42 Å². The Labute approximate surface area is 155 Å². The number of fused-ring (bicyclic) bond motifs is 1. The zero-order valence-electron chi connectivity index (χ0n) is 18.5. The first-order valence-corrected chi connectivity index (χ1v) is 9.17. The fraction of sp³-hybridized carbons (Fsp3) is 0.375. The van der Waals surface area contributed by atoms with E-state index in [0.29, 0.717) is 17.9 Å². The van der Waals surface area contributed by atoms with Gasteiger partial charge in [-0.1, -0.05) is 51.5 Å². The second-order valence-corrected chi connectivity index (χ2v) is 7.79. The van der Waals surface area contributed by atoms with Crippen LogP contribution in [-0.4, -0.2) is 0 Å². The van der Waals surface area contributed by atoms with Crippen LogP contribution in [0.4, 0.5) is 0 Å². The number of pyridine rings is 1. The van der Waals surface area contributed by atoms with Crippen molar-refractivity contribution in [1.82, 2.24) is 0 Å². The van der Waals surface area contributed by atoms with Crippen LogP contribution in [0.2, 0.25) is 0 Å². The van der Waals surface area contributed by atoms with Crippen LogP contribution in [-0.2, 0) is 7.05 Å². The zero-order chi connectivity index (χ0) is 20.0. The van der Waals surface area contributed by atoms with E-state index in [1.807, 2.05) is 24.6 Å². The van der Waals surface area contributed by atoms with Crippen LogP contribution in [0, 0.1) is 13.8 Å². The maximum Gasteiger partial charge on any atom is 0.220 e. The van der Waals surface area contributed by atoms with E-state index in [4.69, 9.17) is 2.74 Å². The summed E-state index contributed by atoms with van der Waals surface area (Å²) in [6.45, 7) is 13.1. The molecule has 1 nitrogen and oxygen atoms in total. The van der Waals surface area contributed by atoms with Gasteiger partial charge >= 0.3 is 0 Å². The molecule has 0 aliphatic rings. The second-order valence-electron chi connectivity index (χ2n) is 7.79. The summed E-state index contributed by atoms with van der Waals surface area (Å²) in [5, 5.41) is 1.90. The average molecular weight is 335 g/mol. The number of hydrogen-bond donors (Lipinski definition) is 0. The molecule has 0 fully saturated rings. The third kappa shape index (κ3) is 3.20. The van der Waals surface area contributed by atoms with Crippen molar-refractivity contribution >= 4 is 10.8 Å². The summed E-state index contributed by atoms with van der Waals surface area (Å²) in [6, 6.07) is 11.1. The lowest BCUT2D eigenvalue weighted by Gasteiger charge is -2.18. The van der Waals surface area contributed by atoms with Crippen molar-refractivity contribution in [1.29, 1.82) is 0 Å². The van der Waals surface area contributed by atoms with E-state index in [-0.39, 0.29) is 6.17 Å². The molecule has 25 heavy (non-hydrogen) atoms. The molecule has 0 N–H and O–H groups in total. The van der Waals surface area contributed by atoms with E-state index in [9.17, 15) is 0 Å². The van der Waals surface area contributed by atoms with Crippen LogP contribution in [0.15, 0.2) is 42.5 Å². The quantitative estimate of drug-likeness (QED) is 0.502. The van der Waals surface area contributed by atoms with Gasteiger partial charge < -0.3 is 0 Å². The standard InChI is InChI=1S/C24H30N/c1-15(2)20-13-22(16(3)4)18(6)23(14-20)24-21-9-8-17(5)12-19(21)10-11-25(24)7/h8-16H,1-7H3/q+1/i10D,11D. The summed E-state index contributed by atoms with van der Waals surface area (Å²) in [5.74, 6) is 0.874. The predicted octanol–water partition coefficient (Wildman–Crippen LogP) is 6.19. The van der Waals surface area contributed by atoms with Gasteiger partial charge in [-0.15, -0.1) is 0 Å². The van der Waals surface area contributed by atoms with Crippen LogP contribution < -0.4 is 4.57 Å². The highest BCUT2D eigenvalue weighted by molar-refractivity contribution is 5.94. The minimum absolute atomic E-state index is 0.253. The lowest BCUT2D eigenvalue weighted by atomic mass is 9.86. The Morgan fingerprint density at radius 3 is 2.32 bits per heavy atom. The monoisotopic (exact) mass is 334 g/mol. The van der Waals surface area contributed by atoms with Gasteiger partial charge in [0.05, 0.1) is 12.3 Å². The highest BCUT2D eigenvalue weighted by Crippen LogP contribution is 2.35. The molecule has 0 aliphatic heterocycles. The number of benzene rings is 2. The largest absolute Gasteiger partial charge is 0.220 e. The molecule has 0 spiro atoms. The van der Waals surface area contributed by atoms with Gasteiger partial charge in [0.2, 0.25) is 5.69 Å². The highest BCUT2D eigenvalue weighted by atomic mass is 14.9. The number of aryl methyl sites for hydroxylation is 1. The Morgan fingerprint density at radius 2 is 1.68 bits per heavy atom. The smallest absolute Gasteiger partial charge is 0.200 e. The predicted molar refractivity (Wildman–Crippen MR) is 108 cm³/mol. The lowest BCUT2D eigenvalue weighted by Crippen LogP contribution is -2.31. The molecule has 1 heterocycles. The van der Waals surface area contributed by atoms with E-state index < -0.39 is 0 Å². The molecule has 0 bridgehead atoms. The zero-order valence-corrected chi connectivity index (χ0v) is 16.5. The van der Waals surface area contributed by atoms with Crippen LogP contribution in [0.3, 0.4) is 0 Å². The Morgan fingerprint density at radius 1 is 0.960 bits per heavy atom. The molecule has 0 saturated heterocycles. The molecule has 0 radical (unpaired) electrons. The van der Waals surface area contributed by atoms with Crippen molar-refractivity contribution < 1.29 is 7.31 Å². The lowest BCUT2D eigenvalue weighted by molar-refractivity contribution is -0.659. The fourth-order valence-corrected chi connectivity index (χ4v) is 3.61. The SMILES string of the molecule is [2H]c1c([2H])[n+](C)c(-c2cc(C(C)C)cc(C(C)C)c2C)c2ccc(C)cc12. The summed E-state index contributed by atoms with van der Waals surface area (Å²) in [5.41, 5.74) is 7.27. The minimum Gasteiger partial charge on any atom is -0.200 e. The molecule has 130 valence electrons. The maximum absolute atomic E-state index is 8.51. The van der Waals surface area contributed by atoms with E-state index in [1.165, 1.54) is 22.3 Å². The molecular weight excluding hydrogens is 302 g/mol. The Balaban J connectivity index is 2.49. The Bertz CT molecular complexity index is 1030. The van der Waals surface area contributed by atoms with Crippen molar-refractivity contribution in [2.45, 2.75) is 53.4 Å². The summed E-state index contributed by atoms with van der Waals surface area (Å²) >= 11 is 0. The number of nitrogens with zero attached hydrogens (tertiary/aromatic N) is 1. The van der Waals surface area contributed by atoms with Crippen LogP contribution >= 0.6 is 0 Å². The first-order valence-electron chi connectivity index (χ1n) is 10.2. The molecule has 0 saturated carbocycles. The van der Waals surface area contributed by atoms with Crippen molar-refractivity contribution in [2.24, 2.45) is 7.05 Å². The summed E-state index contributed by atoms with van der Waals surface area (Å²) in [6.07, 6.45) is 0.253. The van der Waals surface area contributed by atoms with Crippen molar-refractivity contribution in [3.05, 3.63) is 64.8 Å². The maximum atomic E-state index is 8.51. The molecule has 3 aromatic rings. The topological polar surface area (TPSA) is 3.88 Å². The average Bonchev–Trinajstić information content (AvgIpc) is 2.61. The van der Waals surface area contributed by atoms with Gasteiger partial charge in [0, 0.05) is 6.04 Å². The van der Waals surface area contributed by atoms with Gasteiger partial charge in [-0.3, -0.25) is 0 Å². The number of aromatic nitrogens is 1. The molecule has 0 aliphatic carbocycles. The van der Waals surface area contributed by atoms with E-state index in [2.05, 4.69) is 58.9 Å². The second kappa shape index (κ2) is 6.63. The van der Waals surface area contributed by atoms with Gasteiger partial charge in [-0.05, 0) is 59.9 Å². The van der Waals surface area contributed by atoms with E-state index >= 15 is 0 Å². The van der Waals surface area contributed by atoms with Crippen molar-refractivity contribution in [2.75, 3.05) is 0 Å². The van der Waals surface area contributed by atoms with E-state index in [0.717, 1.165) is 22.0 Å². The molecular formula is C24H30N+. The van der Waals surface area contributed by atoms with Gasteiger partial charge in [0.25, 0.3) is 0 Å². The molecule has 0 amide bonds. The molecule has 3 rings (SSSR count). The van der Waals surface area contributed by atoms with Crippen LogP contribution in [0.25, 0.3) is 22.0 Å². The van der Waals surface area contributed by atoms with Crippen molar-refractivity contribution in [3.63, 3.8) is 0 Å². The third-order valence-electron chi connectivity index (χ3n) is 5.14. The van der Waals surface area contributed by atoms with E-state index in [1.54, 1.807) is 0 Å². The van der Waals surface area contributed by atoms with Gasteiger partial charge in [0.15, 0.2) is 6.17 Å². The fourth-order valence-electron chi connectivity index (χ4n) is 3.61. The highest BCUT2D eigenvalue weighted by Gasteiger charge is 2.21.